The molecule has 2 aromatic rings. The van der Waals surface area contributed by atoms with Crippen LogP contribution in [0.25, 0.3) is 10.8 Å². The van der Waals surface area contributed by atoms with E-state index < -0.39 is 0 Å². The number of carbonyl (C=O) groups excluding carboxylic acids is 1. The molecular weight excluding hydrogens is 334 g/mol. The maximum Gasteiger partial charge on any atom is 0.140 e. The summed E-state index contributed by atoms with van der Waals surface area (Å²) in [6.45, 7) is 7.72. The molecule has 1 fully saturated rings. The fourth-order valence-electron chi connectivity index (χ4n) is 4.65. The van der Waals surface area contributed by atoms with Gasteiger partial charge in [0.1, 0.15) is 18.1 Å². The van der Waals surface area contributed by atoms with E-state index in [1.54, 1.807) is 0 Å². The van der Waals surface area contributed by atoms with E-state index in [0.717, 1.165) is 28.5 Å². The van der Waals surface area contributed by atoms with Gasteiger partial charge in [0, 0.05) is 29.8 Å². The fourth-order valence-corrected chi connectivity index (χ4v) is 4.65. The molecule has 1 aliphatic carbocycles. The van der Waals surface area contributed by atoms with Crippen LogP contribution in [0.4, 0.5) is 0 Å². The van der Waals surface area contributed by atoms with E-state index in [9.17, 15) is 4.79 Å². The second-order valence-corrected chi connectivity index (χ2v) is 8.49. The molecule has 3 nitrogen and oxygen atoms in total. The van der Waals surface area contributed by atoms with Crippen LogP contribution in [0.3, 0.4) is 0 Å². The van der Waals surface area contributed by atoms with Gasteiger partial charge < -0.3 is 10.5 Å². The van der Waals surface area contributed by atoms with Crippen molar-refractivity contribution in [2.24, 2.45) is 29.4 Å². The molecule has 2 aromatic carbocycles. The van der Waals surface area contributed by atoms with E-state index >= 15 is 0 Å². The quantitative estimate of drug-likeness (QED) is 0.749. The maximum absolute atomic E-state index is 13.3. The SMILES string of the molecule is CC(C)[C@@H]1CC[C@@H](C)C[C@H]1C(=O)Cc1ccc2ccccc2c1OCCN. The van der Waals surface area contributed by atoms with Crippen LogP contribution in [-0.4, -0.2) is 18.9 Å². The van der Waals surface area contributed by atoms with Crippen molar-refractivity contribution in [2.45, 2.75) is 46.5 Å². The van der Waals surface area contributed by atoms with Gasteiger partial charge in [0.15, 0.2) is 0 Å². The Morgan fingerprint density at radius 3 is 2.70 bits per heavy atom. The van der Waals surface area contributed by atoms with Crippen LogP contribution in [0, 0.1) is 23.7 Å². The van der Waals surface area contributed by atoms with Gasteiger partial charge in [0.2, 0.25) is 0 Å². The molecule has 146 valence electrons. The maximum atomic E-state index is 13.3. The first kappa shape index (κ1) is 19.9. The van der Waals surface area contributed by atoms with Gasteiger partial charge >= 0.3 is 0 Å². The molecule has 1 saturated carbocycles. The molecule has 0 unspecified atom stereocenters. The minimum atomic E-state index is 0.169. The Labute approximate surface area is 163 Å². The number of hydrogen-bond donors (Lipinski definition) is 1. The van der Waals surface area contributed by atoms with Gasteiger partial charge in [-0.05, 0) is 36.0 Å². The average Bonchev–Trinajstić information content (AvgIpc) is 2.66. The molecule has 3 heteroatoms. The predicted octanol–water partition coefficient (Wildman–Crippen LogP) is 5.00. The number of hydrogen-bond acceptors (Lipinski definition) is 3. The summed E-state index contributed by atoms with van der Waals surface area (Å²) in [7, 11) is 0. The Bertz CT molecular complexity index is 783. The van der Waals surface area contributed by atoms with Crippen LogP contribution in [0.5, 0.6) is 5.75 Å². The fraction of sp³-hybridized carbons (Fsp3) is 0.542. The van der Waals surface area contributed by atoms with Crippen LogP contribution in [0.2, 0.25) is 0 Å². The molecule has 0 amide bonds. The highest BCUT2D eigenvalue weighted by molar-refractivity contribution is 5.92. The first-order valence-electron chi connectivity index (χ1n) is 10.4. The standard InChI is InChI=1S/C24H33NO2/c1-16(2)20-11-8-17(3)14-22(20)23(26)15-19-10-9-18-6-4-5-7-21(18)24(19)27-13-12-25/h4-7,9-10,16-17,20,22H,8,11-15,25H2,1-3H3/t17-,20+,22-/m1/s1. The summed E-state index contributed by atoms with van der Waals surface area (Å²) in [5, 5.41) is 2.20. The van der Waals surface area contributed by atoms with Crippen molar-refractivity contribution in [3.63, 3.8) is 0 Å². The minimum absolute atomic E-state index is 0.169. The van der Waals surface area contributed by atoms with E-state index in [2.05, 4.69) is 45.0 Å². The number of ketones is 1. The minimum Gasteiger partial charge on any atom is -0.491 e. The van der Waals surface area contributed by atoms with Gasteiger partial charge in [0.05, 0.1) is 0 Å². The summed E-state index contributed by atoms with van der Waals surface area (Å²) in [4.78, 5) is 13.3. The highest BCUT2D eigenvalue weighted by Crippen LogP contribution is 2.40. The number of rotatable bonds is 7. The third kappa shape index (κ3) is 4.52. The Balaban J connectivity index is 1.89. The van der Waals surface area contributed by atoms with Crippen molar-refractivity contribution >= 4 is 16.6 Å². The summed E-state index contributed by atoms with van der Waals surface area (Å²) < 4.78 is 6.01. The molecule has 3 atom stereocenters. The summed E-state index contributed by atoms with van der Waals surface area (Å²) in [6.07, 6.45) is 3.89. The van der Waals surface area contributed by atoms with Crippen molar-refractivity contribution in [3.05, 3.63) is 42.0 Å². The van der Waals surface area contributed by atoms with E-state index in [4.69, 9.17) is 10.5 Å². The molecule has 0 bridgehead atoms. The normalized spacial score (nSPS) is 22.9. The average molecular weight is 368 g/mol. The predicted molar refractivity (Wildman–Crippen MR) is 112 cm³/mol. The second-order valence-electron chi connectivity index (χ2n) is 8.49. The molecule has 0 saturated heterocycles. The van der Waals surface area contributed by atoms with E-state index in [1.807, 2.05) is 12.1 Å². The highest BCUT2D eigenvalue weighted by atomic mass is 16.5. The lowest BCUT2D eigenvalue weighted by molar-refractivity contribution is -0.126. The van der Waals surface area contributed by atoms with Crippen molar-refractivity contribution in [2.75, 3.05) is 13.2 Å². The topological polar surface area (TPSA) is 52.3 Å². The van der Waals surface area contributed by atoms with E-state index in [0.29, 0.717) is 43.1 Å². The van der Waals surface area contributed by atoms with Gasteiger partial charge in [-0.25, -0.2) is 0 Å². The molecule has 0 radical (unpaired) electrons. The van der Waals surface area contributed by atoms with Crippen molar-refractivity contribution in [1.82, 2.24) is 0 Å². The second kappa shape index (κ2) is 8.88. The van der Waals surface area contributed by atoms with Crippen LogP contribution < -0.4 is 10.5 Å². The van der Waals surface area contributed by atoms with Crippen molar-refractivity contribution < 1.29 is 9.53 Å². The lowest BCUT2D eigenvalue weighted by atomic mass is 9.68. The molecule has 2 N–H and O–H groups in total. The number of fused-ring (bicyclic) bond motifs is 1. The zero-order chi connectivity index (χ0) is 19.4. The number of benzene rings is 2. The Morgan fingerprint density at radius 1 is 1.19 bits per heavy atom. The Kier molecular flexibility index (Phi) is 6.54. The first-order chi connectivity index (χ1) is 13.0. The van der Waals surface area contributed by atoms with Crippen LogP contribution in [-0.2, 0) is 11.2 Å². The number of Topliss-reactive ketones (excluding diaryl/α,β-unsaturated/α-hetero) is 1. The van der Waals surface area contributed by atoms with Gasteiger partial charge in [-0.1, -0.05) is 63.6 Å². The van der Waals surface area contributed by atoms with Gasteiger partial charge in [-0.15, -0.1) is 0 Å². The molecule has 0 aliphatic heterocycles. The van der Waals surface area contributed by atoms with Gasteiger partial charge in [-0.3, -0.25) is 4.79 Å². The van der Waals surface area contributed by atoms with Gasteiger partial charge in [-0.2, -0.15) is 0 Å². The number of carbonyl (C=O) groups is 1. The molecule has 0 heterocycles. The monoisotopic (exact) mass is 367 g/mol. The molecule has 0 spiro atoms. The van der Waals surface area contributed by atoms with Crippen LogP contribution in [0.1, 0.15) is 45.6 Å². The van der Waals surface area contributed by atoms with E-state index in [-0.39, 0.29) is 5.92 Å². The molecule has 0 aromatic heterocycles. The Morgan fingerprint density at radius 2 is 1.96 bits per heavy atom. The van der Waals surface area contributed by atoms with Crippen LogP contribution >= 0.6 is 0 Å². The van der Waals surface area contributed by atoms with Gasteiger partial charge in [0.25, 0.3) is 0 Å². The number of ether oxygens (including phenoxy) is 1. The Hall–Kier alpha value is -1.87. The molecule has 27 heavy (non-hydrogen) atoms. The summed E-state index contributed by atoms with van der Waals surface area (Å²) >= 11 is 0. The summed E-state index contributed by atoms with van der Waals surface area (Å²) in [5.41, 5.74) is 6.66. The highest BCUT2D eigenvalue weighted by Gasteiger charge is 2.35. The third-order valence-electron chi connectivity index (χ3n) is 6.13. The summed E-state index contributed by atoms with van der Waals surface area (Å²) in [6, 6.07) is 12.3. The first-order valence-corrected chi connectivity index (χ1v) is 10.4. The molecular formula is C24H33NO2. The zero-order valence-corrected chi connectivity index (χ0v) is 16.9. The number of nitrogens with two attached hydrogens (primary N) is 1. The van der Waals surface area contributed by atoms with E-state index in [1.165, 1.54) is 12.8 Å². The van der Waals surface area contributed by atoms with Crippen molar-refractivity contribution in [1.29, 1.82) is 0 Å². The molecule has 3 rings (SSSR count). The van der Waals surface area contributed by atoms with Crippen molar-refractivity contribution in [3.8, 4) is 5.75 Å². The third-order valence-corrected chi connectivity index (χ3v) is 6.13. The summed E-state index contributed by atoms with van der Waals surface area (Å²) in [5.74, 6) is 3.06. The lowest BCUT2D eigenvalue weighted by Gasteiger charge is -2.36. The van der Waals surface area contributed by atoms with Crippen LogP contribution in [0.15, 0.2) is 36.4 Å². The smallest absolute Gasteiger partial charge is 0.140 e. The molecule has 1 aliphatic rings. The lowest BCUT2D eigenvalue weighted by Crippen LogP contribution is -2.34. The zero-order valence-electron chi connectivity index (χ0n) is 16.9. The largest absolute Gasteiger partial charge is 0.491 e.